The molecular formula is C43H52BClNO8+. The fourth-order valence-corrected chi connectivity index (χ4v) is 10.3. The highest BCUT2D eigenvalue weighted by molar-refractivity contribution is 6.62. The molecule has 6 atom stereocenters. The van der Waals surface area contributed by atoms with Gasteiger partial charge in [0, 0.05) is 55.2 Å². The van der Waals surface area contributed by atoms with Crippen LogP contribution in [0.1, 0.15) is 101 Å². The third kappa shape index (κ3) is 6.31. The van der Waals surface area contributed by atoms with E-state index in [1.807, 2.05) is 54.6 Å². The molecule has 11 heteroatoms. The molecule has 6 aliphatic rings. The summed E-state index contributed by atoms with van der Waals surface area (Å²) < 4.78 is 27.8. The Bertz CT molecular complexity index is 1890. The number of carbonyl (C=O) groups is 1. The Morgan fingerprint density at radius 2 is 1.72 bits per heavy atom. The number of methoxy groups -OCH3 is 1. The zero-order valence-corrected chi connectivity index (χ0v) is 32.8. The number of aliphatic carboxylic acids is 1. The standard InChI is InChI=1S/C43H51BClNO8/c1-40(2)41(3,4)52-44(51-40)33-17-13-28(14-18-33)27-50-39-30(15-19-34-11-8-10-22-46(34)21-9-6-7-12-37(47)48)16-20-35(38(39)45)43(49-5)42(53-54-43)32-24-29-23-31(26-32)36(42)25-29/h8,10-11,13-20,22,29,31-32,36H,6-7,9,12,21,23-27H2,1-5H3/p+1/b19-15+. The Morgan fingerprint density at radius 3 is 2.41 bits per heavy atom. The Balaban J connectivity index is 1.08. The van der Waals surface area contributed by atoms with E-state index in [0.29, 0.717) is 34.9 Å². The molecule has 1 spiro atoms. The van der Waals surface area contributed by atoms with Gasteiger partial charge in [0.05, 0.1) is 16.2 Å². The lowest BCUT2D eigenvalue weighted by Gasteiger charge is -2.60. The number of nitrogens with zero attached hydrogens (tertiary/aromatic N) is 1. The zero-order valence-electron chi connectivity index (χ0n) is 32.0. The van der Waals surface area contributed by atoms with E-state index >= 15 is 0 Å². The van der Waals surface area contributed by atoms with Crippen molar-refractivity contribution in [1.82, 2.24) is 0 Å². The number of rotatable bonds is 14. The SMILES string of the molecule is COC1(c2ccc(/C=C/c3cccc[n+]3CCCCCC(=O)O)c(OCc3ccc(B4OC(C)(C)C(C)(C)O4)cc3)c2Cl)OOC12C1CC3CC(C1)C2C3. The molecule has 2 aromatic carbocycles. The molecule has 6 unspecified atom stereocenters. The first-order valence-corrected chi connectivity index (χ1v) is 20.0. The van der Waals surface area contributed by atoms with Crippen LogP contribution in [0.25, 0.3) is 12.2 Å². The second-order valence-electron chi connectivity index (χ2n) is 17.0. The van der Waals surface area contributed by atoms with Crippen LogP contribution in [-0.4, -0.2) is 42.1 Å². The van der Waals surface area contributed by atoms with Gasteiger partial charge in [-0.3, -0.25) is 4.79 Å². The average Bonchev–Trinajstić information content (AvgIpc) is 3.65. The maximum Gasteiger partial charge on any atom is 0.494 e. The van der Waals surface area contributed by atoms with Crippen LogP contribution in [0.3, 0.4) is 0 Å². The molecule has 9 rings (SSSR count). The normalized spacial score (nSPS) is 30.1. The number of ether oxygens (including phenoxy) is 2. The maximum atomic E-state index is 11.0. The van der Waals surface area contributed by atoms with Crippen LogP contribution in [0.5, 0.6) is 5.75 Å². The van der Waals surface area contributed by atoms with Crippen molar-refractivity contribution in [2.45, 2.75) is 115 Å². The summed E-state index contributed by atoms with van der Waals surface area (Å²) in [6, 6.07) is 18.3. The molecule has 0 amide bonds. The van der Waals surface area contributed by atoms with E-state index < -0.39 is 35.7 Å². The van der Waals surface area contributed by atoms with Crippen molar-refractivity contribution in [3.8, 4) is 5.75 Å². The Kier molecular flexibility index (Phi) is 10.0. The van der Waals surface area contributed by atoms with Gasteiger partial charge in [0.1, 0.15) is 18.9 Å². The van der Waals surface area contributed by atoms with Crippen molar-refractivity contribution in [1.29, 1.82) is 0 Å². The van der Waals surface area contributed by atoms with Crippen molar-refractivity contribution < 1.29 is 43.0 Å². The summed E-state index contributed by atoms with van der Waals surface area (Å²) in [7, 11) is 1.26. The highest BCUT2D eigenvalue weighted by atomic mass is 35.5. The highest BCUT2D eigenvalue weighted by Gasteiger charge is 2.80. The second-order valence-corrected chi connectivity index (χ2v) is 17.4. The lowest BCUT2D eigenvalue weighted by molar-refractivity contribution is -0.699. The second kappa shape index (κ2) is 14.4. The van der Waals surface area contributed by atoms with Crippen molar-refractivity contribution >= 4 is 42.3 Å². The number of aryl methyl sites for hydroxylation is 1. The van der Waals surface area contributed by atoms with Crippen molar-refractivity contribution in [3.63, 3.8) is 0 Å². The number of hydrogen-bond acceptors (Lipinski definition) is 7. The van der Waals surface area contributed by atoms with E-state index in [-0.39, 0.29) is 13.0 Å². The summed E-state index contributed by atoms with van der Waals surface area (Å²) >= 11 is 7.46. The molecule has 286 valence electrons. The van der Waals surface area contributed by atoms with Gasteiger partial charge in [-0.2, -0.15) is 9.45 Å². The summed E-state index contributed by atoms with van der Waals surface area (Å²) in [5, 5.41) is 9.46. The molecule has 4 saturated carbocycles. The highest BCUT2D eigenvalue weighted by Crippen LogP contribution is 2.73. The summed E-state index contributed by atoms with van der Waals surface area (Å²) in [5.74, 6) is 0.774. The van der Waals surface area contributed by atoms with E-state index in [1.165, 1.54) is 6.42 Å². The maximum absolute atomic E-state index is 11.0. The minimum atomic E-state index is -1.13. The molecule has 2 saturated heterocycles. The number of carboxylic acid groups (broad SMARTS) is 1. The number of unbranched alkanes of at least 4 members (excludes halogenated alkanes) is 2. The van der Waals surface area contributed by atoms with Gasteiger partial charge in [0.15, 0.2) is 11.8 Å². The average molecular weight is 757 g/mol. The fourth-order valence-electron chi connectivity index (χ4n) is 9.91. The summed E-state index contributed by atoms with van der Waals surface area (Å²) in [5.41, 5.74) is 3.09. The van der Waals surface area contributed by atoms with Crippen LogP contribution >= 0.6 is 11.6 Å². The molecule has 4 bridgehead atoms. The molecule has 4 aliphatic carbocycles. The number of hydrogen-bond donors (Lipinski definition) is 1. The molecule has 9 nitrogen and oxygen atoms in total. The van der Waals surface area contributed by atoms with Crippen molar-refractivity contribution in [2.75, 3.05) is 7.11 Å². The van der Waals surface area contributed by atoms with Gasteiger partial charge in [0.25, 0.3) is 5.79 Å². The van der Waals surface area contributed by atoms with Gasteiger partial charge >= 0.3 is 13.1 Å². The molecule has 3 heterocycles. The van der Waals surface area contributed by atoms with Gasteiger partial charge in [-0.1, -0.05) is 48.0 Å². The van der Waals surface area contributed by atoms with Crippen LogP contribution in [0, 0.1) is 23.7 Å². The smallest absolute Gasteiger partial charge is 0.487 e. The van der Waals surface area contributed by atoms with Crippen LogP contribution in [-0.2, 0) is 47.6 Å². The number of pyridine rings is 1. The van der Waals surface area contributed by atoms with E-state index in [9.17, 15) is 4.79 Å². The number of carboxylic acids is 1. The number of benzene rings is 2. The van der Waals surface area contributed by atoms with E-state index in [0.717, 1.165) is 72.4 Å². The van der Waals surface area contributed by atoms with Crippen molar-refractivity contribution in [3.05, 3.63) is 88.2 Å². The number of aromatic nitrogens is 1. The Hall–Kier alpha value is -3.25. The molecule has 54 heavy (non-hydrogen) atoms. The van der Waals surface area contributed by atoms with Crippen LogP contribution in [0.4, 0.5) is 0 Å². The topological polar surface area (TPSA) is 96.6 Å². The zero-order chi connectivity index (χ0) is 37.9. The number of halogens is 1. The molecule has 0 radical (unpaired) electrons. The molecule has 1 N–H and O–H groups in total. The summed E-state index contributed by atoms with van der Waals surface area (Å²) in [6.07, 6.45) is 13.4. The van der Waals surface area contributed by atoms with Gasteiger partial charge < -0.3 is 23.9 Å². The Labute approximate surface area is 324 Å². The third-order valence-corrected chi connectivity index (χ3v) is 13.7. The molecule has 2 aliphatic heterocycles. The lowest BCUT2D eigenvalue weighted by Crippen LogP contribution is -2.71. The van der Waals surface area contributed by atoms with Crippen LogP contribution < -0.4 is 14.8 Å². The van der Waals surface area contributed by atoms with Crippen molar-refractivity contribution in [2.24, 2.45) is 23.7 Å². The minimum Gasteiger partial charge on any atom is -0.487 e. The molecule has 1 aromatic heterocycles. The molecule has 3 aromatic rings. The third-order valence-electron chi connectivity index (χ3n) is 13.3. The monoisotopic (exact) mass is 756 g/mol. The van der Waals surface area contributed by atoms with E-state index in [1.54, 1.807) is 7.11 Å². The largest absolute Gasteiger partial charge is 0.494 e. The predicted octanol–water partition coefficient (Wildman–Crippen LogP) is 7.89. The quantitative estimate of drug-likeness (QED) is 0.0769. The van der Waals surface area contributed by atoms with Crippen LogP contribution in [0.15, 0.2) is 60.8 Å². The predicted molar refractivity (Wildman–Crippen MR) is 206 cm³/mol. The summed E-state index contributed by atoms with van der Waals surface area (Å²) in [4.78, 5) is 23.3. The van der Waals surface area contributed by atoms with Gasteiger partial charge in [-0.15, -0.1) is 0 Å². The first kappa shape index (κ1) is 37.7. The van der Waals surface area contributed by atoms with E-state index in [2.05, 4.69) is 50.6 Å². The first-order valence-electron chi connectivity index (χ1n) is 19.6. The lowest BCUT2D eigenvalue weighted by atomic mass is 9.65. The first-order chi connectivity index (χ1) is 25.9. The Morgan fingerprint density at radius 1 is 0.944 bits per heavy atom. The van der Waals surface area contributed by atoms with E-state index in [4.69, 9.17) is 45.3 Å². The molecule has 6 fully saturated rings. The fraction of sp³-hybridized carbons (Fsp3) is 0.535. The van der Waals surface area contributed by atoms with Gasteiger partial charge in [-0.25, -0.2) is 4.89 Å². The minimum absolute atomic E-state index is 0.195. The van der Waals surface area contributed by atoms with Gasteiger partial charge in [-0.05, 0) is 107 Å². The summed E-state index contributed by atoms with van der Waals surface area (Å²) in [6.45, 7) is 9.29. The molecular weight excluding hydrogens is 705 g/mol. The van der Waals surface area contributed by atoms with Gasteiger partial charge in [0.2, 0.25) is 5.69 Å². The van der Waals surface area contributed by atoms with Crippen LogP contribution in [0.2, 0.25) is 5.02 Å².